The Balaban J connectivity index is 2.02. The number of aryl methyl sites for hydroxylation is 2. The van der Waals surface area contributed by atoms with Crippen molar-refractivity contribution in [3.05, 3.63) is 59.2 Å². The number of hydrogen-bond donors (Lipinski definition) is 1. The molecule has 27 heavy (non-hydrogen) atoms. The van der Waals surface area contributed by atoms with Gasteiger partial charge in [-0.1, -0.05) is 12.1 Å². The summed E-state index contributed by atoms with van der Waals surface area (Å²) in [4.78, 5) is 25.7. The molecule has 2 amide bonds. The first-order valence-electron chi connectivity index (χ1n) is 8.40. The molecule has 144 valence electrons. The summed E-state index contributed by atoms with van der Waals surface area (Å²) in [6.45, 7) is 5.40. The average Bonchev–Trinajstić information content (AvgIpc) is 2.57. The van der Waals surface area contributed by atoms with Crippen LogP contribution in [0.5, 0.6) is 0 Å². The maximum atomic E-state index is 12.6. The number of carbonyl (C=O) groups is 2. The van der Waals surface area contributed by atoms with Gasteiger partial charge in [0.2, 0.25) is 11.8 Å². The highest BCUT2D eigenvalue weighted by Crippen LogP contribution is 2.29. The van der Waals surface area contributed by atoms with Crippen LogP contribution in [0, 0.1) is 13.8 Å². The molecule has 0 radical (unpaired) electrons. The number of hydrogen-bond acceptors (Lipinski definition) is 2. The van der Waals surface area contributed by atoms with Crippen LogP contribution in [0.15, 0.2) is 42.5 Å². The molecule has 0 heterocycles. The Bertz CT molecular complexity index is 830. The number of rotatable bonds is 5. The SMILES string of the molecule is CC(=O)N(CCC(=O)Nc1ccc(C(F)(F)F)cc1)c1cc(C)ccc1C. The van der Waals surface area contributed by atoms with Crippen LogP contribution in [-0.4, -0.2) is 18.4 Å². The van der Waals surface area contributed by atoms with Gasteiger partial charge in [0.1, 0.15) is 0 Å². The predicted octanol–water partition coefficient (Wildman–Crippen LogP) is 4.70. The van der Waals surface area contributed by atoms with E-state index in [9.17, 15) is 22.8 Å². The van der Waals surface area contributed by atoms with Crippen LogP contribution in [0.1, 0.15) is 30.0 Å². The Kier molecular flexibility index (Phi) is 6.25. The van der Waals surface area contributed by atoms with Gasteiger partial charge >= 0.3 is 6.18 Å². The first-order chi connectivity index (χ1) is 12.6. The predicted molar refractivity (Wildman–Crippen MR) is 98.6 cm³/mol. The third kappa shape index (κ3) is 5.57. The molecule has 0 saturated heterocycles. The van der Waals surface area contributed by atoms with Gasteiger partial charge in [0.05, 0.1) is 5.56 Å². The van der Waals surface area contributed by atoms with Crippen LogP contribution in [0.2, 0.25) is 0 Å². The van der Waals surface area contributed by atoms with Crippen LogP contribution in [0.25, 0.3) is 0 Å². The summed E-state index contributed by atoms with van der Waals surface area (Å²) in [6, 6.07) is 9.95. The molecule has 2 aromatic rings. The summed E-state index contributed by atoms with van der Waals surface area (Å²) in [6.07, 6.45) is -4.40. The molecule has 2 rings (SSSR count). The number of nitrogens with one attached hydrogen (secondary N) is 1. The second-order valence-electron chi connectivity index (χ2n) is 6.33. The zero-order chi connectivity index (χ0) is 20.2. The van der Waals surface area contributed by atoms with E-state index in [1.807, 2.05) is 32.0 Å². The van der Waals surface area contributed by atoms with Crippen molar-refractivity contribution in [3.8, 4) is 0 Å². The average molecular weight is 378 g/mol. The van der Waals surface area contributed by atoms with Gasteiger partial charge in [-0.2, -0.15) is 13.2 Å². The van der Waals surface area contributed by atoms with E-state index in [0.717, 1.165) is 28.9 Å². The standard InChI is InChI=1S/C20H21F3N2O2/c1-13-4-5-14(2)18(12-13)25(15(3)26)11-10-19(27)24-17-8-6-16(7-9-17)20(21,22)23/h4-9,12H,10-11H2,1-3H3,(H,24,27). The van der Waals surface area contributed by atoms with E-state index in [-0.39, 0.29) is 30.5 Å². The van der Waals surface area contributed by atoms with Crippen LogP contribution < -0.4 is 10.2 Å². The van der Waals surface area contributed by atoms with Gasteiger partial charge in [-0.15, -0.1) is 0 Å². The Hall–Kier alpha value is -2.83. The van der Waals surface area contributed by atoms with Gasteiger partial charge in [0.15, 0.2) is 0 Å². The summed E-state index contributed by atoms with van der Waals surface area (Å²) in [5.41, 5.74) is 2.15. The van der Waals surface area contributed by atoms with Crippen molar-refractivity contribution in [2.45, 2.75) is 33.4 Å². The molecule has 0 unspecified atom stereocenters. The molecule has 0 saturated carbocycles. The smallest absolute Gasteiger partial charge is 0.326 e. The molecule has 4 nitrogen and oxygen atoms in total. The lowest BCUT2D eigenvalue weighted by Gasteiger charge is -2.23. The molecule has 0 atom stereocenters. The fraction of sp³-hybridized carbons (Fsp3) is 0.300. The van der Waals surface area contributed by atoms with Crippen molar-refractivity contribution < 1.29 is 22.8 Å². The van der Waals surface area contributed by atoms with E-state index in [1.165, 1.54) is 24.0 Å². The summed E-state index contributed by atoms with van der Waals surface area (Å²) >= 11 is 0. The maximum Gasteiger partial charge on any atom is 0.416 e. The second kappa shape index (κ2) is 8.24. The number of halogens is 3. The van der Waals surface area contributed by atoms with Crippen molar-refractivity contribution in [1.82, 2.24) is 0 Å². The van der Waals surface area contributed by atoms with Gasteiger partial charge in [-0.3, -0.25) is 9.59 Å². The number of amides is 2. The quantitative estimate of drug-likeness (QED) is 0.820. The Morgan fingerprint density at radius 3 is 2.22 bits per heavy atom. The fourth-order valence-corrected chi connectivity index (χ4v) is 2.64. The maximum absolute atomic E-state index is 12.6. The Labute approximate surface area is 156 Å². The molecular weight excluding hydrogens is 357 g/mol. The lowest BCUT2D eigenvalue weighted by atomic mass is 10.1. The summed E-state index contributed by atoms with van der Waals surface area (Å²) in [5.74, 6) is -0.572. The minimum atomic E-state index is -4.42. The lowest BCUT2D eigenvalue weighted by Crippen LogP contribution is -2.32. The topological polar surface area (TPSA) is 49.4 Å². The number of carbonyl (C=O) groups excluding carboxylic acids is 2. The van der Waals surface area contributed by atoms with Gasteiger partial charge in [0.25, 0.3) is 0 Å². The minimum Gasteiger partial charge on any atom is -0.326 e. The van der Waals surface area contributed by atoms with E-state index in [4.69, 9.17) is 0 Å². The highest BCUT2D eigenvalue weighted by molar-refractivity contribution is 5.95. The molecule has 1 N–H and O–H groups in total. The molecular formula is C20H21F3N2O2. The highest BCUT2D eigenvalue weighted by atomic mass is 19.4. The molecule has 0 aliphatic carbocycles. The van der Waals surface area contributed by atoms with Gasteiger partial charge < -0.3 is 10.2 Å². The van der Waals surface area contributed by atoms with Crippen molar-refractivity contribution in [2.75, 3.05) is 16.8 Å². The number of alkyl halides is 3. The fourth-order valence-electron chi connectivity index (χ4n) is 2.64. The van der Waals surface area contributed by atoms with Crippen molar-refractivity contribution in [1.29, 1.82) is 0 Å². The van der Waals surface area contributed by atoms with Gasteiger partial charge in [-0.25, -0.2) is 0 Å². The lowest BCUT2D eigenvalue weighted by molar-refractivity contribution is -0.137. The number of benzene rings is 2. The monoisotopic (exact) mass is 378 g/mol. The van der Waals surface area contributed by atoms with Crippen LogP contribution in [0.3, 0.4) is 0 Å². The Morgan fingerprint density at radius 2 is 1.67 bits per heavy atom. The van der Waals surface area contributed by atoms with E-state index >= 15 is 0 Å². The molecule has 0 spiro atoms. The first-order valence-corrected chi connectivity index (χ1v) is 8.40. The zero-order valence-corrected chi connectivity index (χ0v) is 15.4. The normalized spacial score (nSPS) is 11.2. The Morgan fingerprint density at radius 1 is 1.04 bits per heavy atom. The summed E-state index contributed by atoms with van der Waals surface area (Å²) in [5, 5.41) is 2.55. The van der Waals surface area contributed by atoms with Crippen LogP contribution in [0.4, 0.5) is 24.5 Å². The third-order valence-electron chi connectivity index (χ3n) is 4.09. The molecule has 7 heteroatoms. The van der Waals surface area contributed by atoms with E-state index in [0.29, 0.717) is 0 Å². The molecule has 0 aliphatic heterocycles. The van der Waals surface area contributed by atoms with Crippen molar-refractivity contribution >= 4 is 23.2 Å². The van der Waals surface area contributed by atoms with Gasteiger partial charge in [0, 0.05) is 31.3 Å². The second-order valence-corrected chi connectivity index (χ2v) is 6.33. The molecule has 0 bridgehead atoms. The minimum absolute atomic E-state index is 0.0218. The first kappa shape index (κ1) is 20.5. The van der Waals surface area contributed by atoms with E-state index < -0.39 is 11.7 Å². The molecule has 0 fully saturated rings. The highest BCUT2D eigenvalue weighted by Gasteiger charge is 2.30. The third-order valence-corrected chi connectivity index (χ3v) is 4.09. The number of anilines is 2. The van der Waals surface area contributed by atoms with E-state index in [2.05, 4.69) is 5.32 Å². The van der Waals surface area contributed by atoms with Crippen LogP contribution >= 0.6 is 0 Å². The largest absolute Gasteiger partial charge is 0.416 e. The van der Waals surface area contributed by atoms with E-state index in [1.54, 1.807) is 0 Å². The van der Waals surface area contributed by atoms with Crippen molar-refractivity contribution in [2.24, 2.45) is 0 Å². The summed E-state index contributed by atoms with van der Waals surface area (Å²) in [7, 11) is 0. The zero-order valence-electron chi connectivity index (χ0n) is 15.4. The molecule has 0 aliphatic rings. The van der Waals surface area contributed by atoms with Crippen molar-refractivity contribution in [3.63, 3.8) is 0 Å². The summed E-state index contributed by atoms with van der Waals surface area (Å²) < 4.78 is 37.7. The van der Waals surface area contributed by atoms with Crippen LogP contribution in [-0.2, 0) is 15.8 Å². The number of nitrogens with zero attached hydrogens (tertiary/aromatic N) is 1. The molecule has 0 aromatic heterocycles. The van der Waals surface area contributed by atoms with Gasteiger partial charge in [-0.05, 0) is 55.3 Å². The molecule has 2 aromatic carbocycles.